The first kappa shape index (κ1) is 12.0. The van der Waals surface area contributed by atoms with E-state index < -0.39 is 11.9 Å². The molecule has 0 aromatic rings. The van der Waals surface area contributed by atoms with Crippen LogP contribution in [0.4, 0.5) is 0 Å². The maximum atomic E-state index is 10.5. The van der Waals surface area contributed by atoms with Crippen molar-refractivity contribution >= 4 is 23.7 Å². The van der Waals surface area contributed by atoms with Crippen LogP contribution in [0.2, 0.25) is 0 Å². The highest BCUT2D eigenvalue weighted by atomic mass is 32.2. The third kappa shape index (κ3) is 8.94. The summed E-state index contributed by atoms with van der Waals surface area (Å²) in [6.07, 6.45) is 1.77. The van der Waals surface area contributed by atoms with Crippen molar-refractivity contribution in [2.24, 2.45) is 0 Å². The van der Waals surface area contributed by atoms with E-state index in [-0.39, 0.29) is 5.75 Å². The Morgan fingerprint density at radius 2 is 2.23 bits per heavy atom. The largest absolute Gasteiger partial charge is 0.481 e. The van der Waals surface area contributed by atoms with E-state index in [4.69, 9.17) is 5.11 Å². The van der Waals surface area contributed by atoms with Crippen LogP contribution >= 0.6 is 11.8 Å². The number of aliphatic carboxylic acids is 1. The van der Waals surface area contributed by atoms with Gasteiger partial charge >= 0.3 is 11.9 Å². The third-order valence-corrected chi connectivity index (χ3v) is 2.10. The number of carbonyl (C=O) groups excluding carboxylic acids is 1. The first-order valence-corrected chi connectivity index (χ1v) is 4.91. The second-order valence-electron chi connectivity index (χ2n) is 2.17. The molecule has 0 unspecified atom stereocenters. The Morgan fingerprint density at radius 3 is 2.77 bits per heavy atom. The normalized spacial score (nSPS) is 9.23. The Labute approximate surface area is 81.0 Å². The maximum absolute atomic E-state index is 10.5. The molecule has 0 spiro atoms. The lowest BCUT2D eigenvalue weighted by Gasteiger charge is -2.00. The van der Waals surface area contributed by atoms with Crippen molar-refractivity contribution in [1.29, 1.82) is 0 Å². The van der Waals surface area contributed by atoms with E-state index in [0.717, 1.165) is 6.08 Å². The van der Waals surface area contributed by atoms with E-state index in [1.807, 2.05) is 0 Å². The number of carboxylic acids is 1. The van der Waals surface area contributed by atoms with Crippen molar-refractivity contribution in [1.82, 2.24) is 0 Å². The summed E-state index contributed by atoms with van der Waals surface area (Å²) < 4.78 is 4.68. The van der Waals surface area contributed by atoms with Gasteiger partial charge in [-0.25, -0.2) is 4.79 Å². The number of carbonyl (C=O) groups is 2. The van der Waals surface area contributed by atoms with Crippen LogP contribution in [0.3, 0.4) is 0 Å². The number of esters is 1. The molecule has 0 saturated carbocycles. The van der Waals surface area contributed by atoms with Crippen molar-refractivity contribution in [3.05, 3.63) is 12.7 Å². The predicted octanol–water partition coefficient (Wildman–Crippen LogP) is 0.923. The molecule has 13 heavy (non-hydrogen) atoms. The Bertz CT molecular complexity index is 191. The molecule has 4 nitrogen and oxygen atoms in total. The summed E-state index contributed by atoms with van der Waals surface area (Å²) in [7, 11) is 0. The molecule has 0 aromatic carbocycles. The van der Waals surface area contributed by atoms with Crippen LogP contribution in [-0.4, -0.2) is 35.2 Å². The molecule has 0 aliphatic carbocycles. The monoisotopic (exact) mass is 204 g/mol. The summed E-state index contributed by atoms with van der Waals surface area (Å²) in [6, 6.07) is 0. The van der Waals surface area contributed by atoms with Crippen molar-refractivity contribution in [3.63, 3.8) is 0 Å². The second-order valence-corrected chi connectivity index (χ2v) is 3.28. The van der Waals surface area contributed by atoms with Gasteiger partial charge in [-0.1, -0.05) is 6.58 Å². The highest BCUT2D eigenvalue weighted by Gasteiger charge is 1.98. The Kier molecular flexibility index (Phi) is 7.10. The fraction of sp³-hybridized carbons (Fsp3) is 0.500. The molecule has 0 saturated heterocycles. The van der Waals surface area contributed by atoms with Crippen LogP contribution in [0, 0.1) is 0 Å². The first-order valence-electron chi connectivity index (χ1n) is 3.75. The lowest BCUT2D eigenvalue weighted by molar-refractivity contribution is -0.138. The molecule has 0 aromatic heterocycles. The van der Waals surface area contributed by atoms with Gasteiger partial charge in [0.25, 0.3) is 0 Å². The van der Waals surface area contributed by atoms with Gasteiger partial charge in [0.05, 0.1) is 12.4 Å². The molecule has 0 atom stereocenters. The fourth-order valence-corrected chi connectivity index (χ4v) is 1.19. The topological polar surface area (TPSA) is 63.6 Å². The van der Waals surface area contributed by atoms with E-state index in [9.17, 15) is 9.59 Å². The lowest BCUT2D eigenvalue weighted by atomic mass is 10.5. The minimum atomic E-state index is -0.826. The molecule has 0 fully saturated rings. The molecule has 0 bridgehead atoms. The summed E-state index contributed by atoms with van der Waals surface area (Å²) in [5.74, 6) is -0.497. The van der Waals surface area contributed by atoms with Gasteiger partial charge in [-0.3, -0.25) is 4.79 Å². The zero-order valence-corrected chi connectivity index (χ0v) is 8.01. The van der Waals surface area contributed by atoms with Crippen LogP contribution in [-0.2, 0) is 14.3 Å². The van der Waals surface area contributed by atoms with Crippen molar-refractivity contribution in [3.8, 4) is 0 Å². The number of hydrogen-bond donors (Lipinski definition) is 1. The van der Waals surface area contributed by atoms with Crippen LogP contribution in [0.1, 0.15) is 6.42 Å². The standard InChI is InChI=1S/C8H12O4S/c1-2-8(11)12-4-3-5-13-6-7(9)10/h2H,1,3-6H2,(H,9,10). The van der Waals surface area contributed by atoms with E-state index in [1.54, 1.807) is 0 Å². The minimum Gasteiger partial charge on any atom is -0.481 e. The van der Waals surface area contributed by atoms with Gasteiger partial charge in [-0.2, -0.15) is 11.8 Å². The van der Waals surface area contributed by atoms with Crippen molar-refractivity contribution < 1.29 is 19.4 Å². The predicted molar refractivity (Wildman–Crippen MR) is 50.7 cm³/mol. The molecular weight excluding hydrogens is 192 g/mol. The minimum absolute atomic E-state index is 0.0927. The first-order chi connectivity index (χ1) is 6.16. The van der Waals surface area contributed by atoms with E-state index in [1.165, 1.54) is 11.8 Å². The molecule has 74 valence electrons. The quantitative estimate of drug-likeness (QED) is 0.379. The summed E-state index contributed by atoms with van der Waals surface area (Å²) >= 11 is 1.30. The Hall–Kier alpha value is -0.970. The highest BCUT2D eigenvalue weighted by molar-refractivity contribution is 7.99. The maximum Gasteiger partial charge on any atom is 0.330 e. The van der Waals surface area contributed by atoms with Gasteiger partial charge in [0.1, 0.15) is 0 Å². The molecule has 0 radical (unpaired) electrons. The van der Waals surface area contributed by atoms with Crippen molar-refractivity contribution in [2.75, 3.05) is 18.1 Å². The van der Waals surface area contributed by atoms with Gasteiger partial charge in [0, 0.05) is 6.08 Å². The summed E-state index contributed by atoms with van der Waals surface area (Å²) in [4.78, 5) is 20.6. The summed E-state index contributed by atoms with van der Waals surface area (Å²) in [6.45, 7) is 3.56. The number of ether oxygens (including phenoxy) is 1. The highest BCUT2D eigenvalue weighted by Crippen LogP contribution is 2.01. The second kappa shape index (κ2) is 7.67. The van der Waals surface area contributed by atoms with E-state index in [2.05, 4.69) is 11.3 Å². The number of carboxylic acid groups (broad SMARTS) is 1. The molecule has 0 aliphatic heterocycles. The van der Waals surface area contributed by atoms with Crippen molar-refractivity contribution in [2.45, 2.75) is 6.42 Å². The van der Waals surface area contributed by atoms with E-state index in [0.29, 0.717) is 18.8 Å². The van der Waals surface area contributed by atoms with Crippen LogP contribution in [0.5, 0.6) is 0 Å². The number of thioether (sulfide) groups is 1. The summed E-state index contributed by atoms with van der Waals surface area (Å²) in [5.41, 5.74) is 0. The zero-order chi connectivity index (χ0) is 10.1. The van der Waals surface area contributed by atoms with Gasteiger partial charge < -0.3 is 9.84 Å². The molecule has 0 aliphatic rings. The number of hydrogen-bond acceptors (Lipinski definition) is 4. The number of rotatable bonds is 7. The SMILES string of the molecule is C=CC(=O)OCCCSCC(=O)O. The fourth-order valence-electron chi connectivity index (χ4n) is 0.552. The van der Waals surface area contributed by atoms with Gasteiger partial charge in [0.2, 0.25) is 0 Å². The molecule has 0 heterocycles. The average Bonchev–Trinajstić information content (AvgIpc) is 2.10. The average molecular weight is 204 g/mol. The molecule has 5 heteroatoms. The lowest BCUT2D eigenvalue weighted by Crippen LogP contribution is -2.04. The van der Waals surface area contributed by atoms with E-state index >= 15 is 0 Å². The smallest absolute Gasteiger partial charge is 0.330 e. The Balaban J connectivity index is 3.12. The zero-order valence-electron chi connectivity index (χ0n) is 7.19. The van der Waals surface area contributed by atoms with Gasteiger partial charge in [-0.05, 0) is 12.2 Å². The van der Waals surface area contributed by atoms with Crippen LogP contribution in [0.25, 0.3) is 0 Å². The summed E-state index contributed by atoms with van der Waals surface area (Å²) in [5, 5.41) is 8.28. The van der Waals surface area contributed by atoms with Crippen LogP contribution < -0.4 is 0 Å². The molecule has 0 amide bonds. The van der Waals surface area contributed by atoms with Gasteiger partial charge in [0.15, 0.2) is 0 Å². The van der Waals surface area contributed by atoms with Gasteiger partial charge in [-0.15, -0.1) is 0 Å². The molecule has 1 N–H and O–H groups in total. The third-order valence-electron chi connectivity index (χ3n) is 1.07. The Morgan fingerprint density at radius 1 is 1.54 bits per heavy atom. The van der Waals surface area contributed by atoms with Crippen LogP contribution in [0.15, 0.2) is 12.7 Å². The molecule has 0 rings (SSSR count). The molecular formula is C8H12O4S.